The number of rotatable bonds is 7. The monoisotopic (exact) mass is 443 g/mol. The standard InChI is InChI=1S/C27H29N3O3/c1-17-13-23(14-18(2)25(17)32-5)27(29-19(3)26(28)30-27)22-8-6-7-21(15-22)20-9-11-24(12-10-20)33-16-31-4/h6-15H,16H2,1-5H3,(H2,28,30). The van der Waals surface area contributed by atoms with Gasteiger partial charge in [-0.2, -0.15) is 0 Å². The second-order valence-electron chi connectivity index (χ2n) is 8.17. The molecule has 1 heterocycles. The van der Waals surface area contributed by atoms with Crippen molar-refractivity contribution in [2.24, 2.45) is 15.7 Å². The summed E-state index contributed by atoms with van der Waals surface area (Å²) in [5, 5.41) is 0. The first-order chi connectivity index (χ1) is 15.9. The van der Waals surface area contributed by atoms with Crippen LogP contribution in [-0.4, -0.2) is 32.6 Å². The van der Waals surface area contributed by atoms with Gasteiger partial charge in [0.1, 0.15) is 17.3 Å². The Morgan fingerprint density at radius 3 is 2.09 bits per heavy atom. The summed E-state index contributed by atoms with van der Waals surface area (Å²) in [6.07, 6.45) is 0. The van der Waals surface area contributed by atoms with E-state index in [0.717, 1.165) is 50.6 Å². The van der Waals surface area contributed by atoms with E-state index in [1.807, 2.05) is 57.2 Å². The van der Waals surface area contributed by atoms with Crippen LogP contribution in [0.15, 0.2) is 70.6 Å². The van der Waals surface area contributed by atoms with Crippen LogP contribution in [0.5, 0.6) is 11.5 Å². The second-order valence-corrected chi connectivity index (χ2v) is 8.17. The van der Waals surface area contributed by atoms with Crippen LogP contribution < -0.4 is 15.2 Å². The fourth-order valence-corrected chi connectivity index (χ4v) is 4.26. The number of amidine groups is 1. The number of methoxy groups -OCH3 is 2. The van der Waals surface area contributed by atoms with Gasteiger partial charge in [0, 0.05) is 18.2 Å². The molecule has 3 aromatic carbocycles. The molecule has 3 aromatic rings. The summed E-state index contributed by atoms with van der Waals surface area (Å²) in [7, 11) is 3.29. The Balaban J connectivity index is 1.81. The molecule has 0 saturated carbocycles. The minimum absolute atomic E-state index is 0.217. The van der Waals surface area contributed by atoms with E-state index in [4.69, 9.17) is 29.9 Å². The van der Waals surface area contributed by atoms with E-state index in [1.165, 1.54) is 0 Å². The van der Waals surface area contributed by atoms with Crippen LogP contribution in [0.25, 0.3) is 11.1 Å². The van der Waals surface area contributed by atoms with Gasteiger partial charge >= 0.3 is 0 Å². The number of aryl methyl sites for hydroxylation is 2. The molecule has 0 amide bonds. The molecule has 6 nitrogen and oxygen atoms in total. The summed E-state index contributed by atoms with van der Waals surface area (Å²) in [5.74, 6) is 2.08. The molecule has 0 saturated heterocycles. The van der Waals surface area contributed by atoms with Gasteiger partial charge in [-0.1, -0.05) is 30.3 Å². The first-order valence-corrected chi connectivity index (χ1v) is 10.8. The van der Waals surface area contributed by atoms with Gasteiger partial charge in [-0.3, -0.25) is 0 Å². The van der Waals surface area contributed by atoms with Crippen LogP contribution in [0.2, 0.25) is 0 Å². The molecular weight excluding hydrogens is 414 g/mol. The van der Waals surface area contributed by atoms with E-state index in [9.17, 15) is 0 Å². The van der Waals surface area contributed by atoms with Crippen LogP contribution in [0, 0.1) is 13.8 Å². The smallest absolute Gasteiger partial charge is 0.204 e. The zero-order chi connectivity index (χ0) is 23.6. The number of ether oxygens (including phenoxy) is 3. The molecule has 170 valence electrons. The predicted molar refractivity (Wildman–Crippen MR) is 132 cm³/mol. The number of hydrogen-bond donors (Lipinski definition) is 1. The van der Waals surface area contributed by atoms with Gasteiger partial charge in [0.25, 0.3) is 0 Å². The largest absolute Gasteiger partial charge is 0.496 e. The van der Waals surface area contributed by atoms with Gasteiger partial charge in [0.2, 0.25) is 5.66 Å². The number of benzene rings is 3. The lowest BCUT2D eigenvalue weighted by molar-refractivity contribution is 0.0511. The highest BCUT2D eigenvalue weighted by molar-refractivity contribution is 6.41. The third kappa shape index (κ3) is 4.22. The van der Waals surface area contributed by atoms with Gasteiger partial charge < -0.3 is 19.9 Å². The first-order valence-electron chi connectivity index (χ1n) is 10.8. The Hall–Kier alpha value is -3.64. The van der Waals surface area contributed by atoms with E-state index >= 15 is 0 Å². The maximum atomic E-state index is 6.24. The number of hydrogen-bond acceptors (Lipinski definition) is 6. The molecule has 0 fully saturated rings. The molecule has 0 spiro atoms. The normalized spacial score (nSPS) is 17.5. The second kappa shape index (κ2) is 9.08. The highest BCUT2D eigenvalue weighted by Gasteiger charge is 2.39. The van der Waals surface area contributed by atoms with Gasteiger partial charge in [-0.05, 0) is 73.4 Å². The average molecular weight is 444 g/mol. The topological polar surface area (TPSA) is 78.4 Å². The van der Waals surface area contributed by atoms with E-state index in [-0.39, 0.29) is 6.79 Å². The average Bonchev–Trinajstić information content (AvgIpc) is 3.13. The lowest BCUT2D eigenvalue weighted by Gasteiger charge is -2.26. The van der Waals surface area contributed by atoms with Gasteiger partial charge in [-0.25, -0.2) is 9.98 Å². The molecule has 6 heteroatoms. The molecule has 2 N–H and O–H groups in total. The zero-order valence-corrected chi connectivity index (χ0v) is 19.7. The fourth-order valence-electron chi connectivity index (χ4n) is 4.26. The molecule has 0 aromatic heterocycles. The van der Waals surface area contributed by atoms with Gasteiger partial charge in [0.15, 0.2) is 6.79 Å². The minimum atomic E-state index is -0.937. The highest BCUT2D eigenvalue weighted by Crippen LogP contribution is 2.42. The number of nitrogens with zero attached hydrogens (tertiary/aromatic N) is 2. The van der Waals surface area contributed by atoms with Crippen molar-refractivity contribution in [1.29, 1.82) is 0 Å². The zero-order valence-electron chi connectivity index (χ0n) is 19.7. The third-order valence-corrected chi connectivity index (χ3v) is 5.85. The molecular formula is C27H29N3O3. The summed E-state index contributed by atoms with van der Waals surface area (Å²) in [4.78, 5) is 9.85. The molecule has 1 unspecified atom stereocenters. The Morgan fingerprint density at radius 1 is 0.818 bits per heavy atom. The predicted octanol–water partition coefficient (Wildman–Crippen LogP) is 4.99. The number of nitrogens with two attached hydrogens (primary N) is 1. The van der Waals surface area contributed by atoms with Crippen molar-refractivity contribution in [2.45, 2.75) is 26.4 Å². The van der Waals surface area contributed by atoms with Crippen molar-refractivity contribution >= 4 is 11.5 Å². The van der Waals surface area contributed by atoms with E-state index in [1.54, 1.807) is 14.2 Å². The SMILES string of the molecule is COCOc1ccc(-c2cccc(C3(c4cc(C)c(OC)c(C)c4)N=C(C)C(N)=N3)c2)cc1. The molecule has 4 rings (SSSR count). The maximum Gasteiger partial charge on any atom is 0.204 e. The van der Waals surface area contributed by atoms with Crippen LogP contribution in [0.4, 0.5) is 0 Å². The lowest BCUT2D eigenvalue weighted by atomic mass is 9.88. The summed E-state index contributed by atoms with van der Waals surface area (Å²) < 4.78 is 16.0. The minimum Gasteiger partial charge on any atom is -0.496 e. The molecule has 0 aliphatic carbocycles. The third-order valence-electron chi connectivity index (χ3n) is 5.85. The molecule has 1 aliphatic rings. The summed E-state index contributed by atoms with van der Waals surface area (Å²) in [5.41, 5.74) is 12.1. The van der Waals surface area contributed by atoms with Crippen molar-refractivity contribution in [3.8, 4) is 22.6 Å². The van der Waals surface area contributed by atoms with Crippen molar-refractivity contribution in [1.82, 2.24) is 0 Å². The van der Waals surface area contributed by atoms with Crippen molar-refractivity contribution in [3.05, 3.63) is 82.9 Å². The van der Waals surface area contributed by atoms with Gasteiger partial charge in [0.05, 0.1) is 12.8 Å². The van der Waals surface area contributed by atoms with E-state index in [2.05, 4.69) is 24.3 Å². The quantitative estimate of drug-likeness (QED) is 0.522. The van der Waals surface area contributed by atoms with Crippen molar-refractivity contribution in [2.75, 3.05) is 21.0 Å². The summed E-state index contributed by atoms with van der Waals surface area (Å²) in [6, 6.07) is 20.4. The van der Waals surface area contributed by atoms with E-state index in [0.29, 0.717) is 5.84 Å². The Labute approximate surface area is 194 Å². The molecule has 0 radical (unpaired) electrons. The highest BCUT2D eigenvalue weighted by atomic mass is 16.7. The van der Waals surface area contributed by atoms with Gasteiger partial charge in [-0.15, -0.1) is 0 Å². The Morgan fingerprint density at radius 2 is 1.52 bits per heavy atom. The number of aliphatic imine (C=N–C) groups is 2. The summed E-state index contributed by atoms with van der Waals surface area (Å²) in [6.45, 7) is 6.18. The van der Waals surface area contributed by atoms with Crippen molar-refractivity contribution in [3.63, 3.8) is 0 Å². The molecule has 1 aliphatic heterocycles. The van der Waals surface area contributed by atoms with Crippen LogP contribution >= 0.6 is 0 Å². The summed E-state index contributed by atoms with van der Waals surface area (Å²) >= 11 is 0. The van der Waals surface area contributed by atoms with E-state index < -0.39 is 5.66 Å². The van der Waals surface area contributed by atoms with Crippen molar-refractivity contribution < 1.29 is 14.2 Å². The Bertz CT molecular complexity index is 1190. The van der Waals surface area contributed by atoms with Crippen LogP contribution in [0.1, 0.15) is 29.2 Å². The lowest BCUT2D eigenvalue weighted by Crippen LogP contribution is -2.23. The maximum absolute atomic E-state index is 6.24. The molecule has 33 heavy (non-hydrogen) atoms. The van der Waals surface area contributed by atoms with Crippen LogP contribution in [0.3, 0.4) is 0 Å². The molecule has 1 atom stereocenters. The Kier molecular flexibility index (Phi) is 6.20. The fraction of sp³-hybridized carbons (Fsp3) is 0.259. The van der Waals surface area contributed by atoms with Crippen LogP contribution in [-0.2, 0) is 10.4 Å². The first kappa shape index (κ1) is 22.6. The molecule has 0 bridgehead atoms.